The Hall–Kier alpha value is -0.120. The second kappa shape index (κ2) is 7.05. The largest absolute Gasteiger partial charge is 0.0832 e. The first kappa shape index (κ1) is 15.3. The molecule has 0 aromatic heterocycles. The Morgan fingerprint density at radius 1 is 1.00 bits per heavy atom. The van der Waals surface area contributed by atoms with Gasteiger partial charge in [0.1, 0.15) is 0 Å². The van der Waals surface area contributed by atoms with Crippen molar-refractivity contribution in [3.05, 3.63) is 68.6 Å². The van der Waals surface area contributed by atoms with Gasteiger partial charge in [-0.1, -0.05) is 85.0 Å². The Morgan fingerprint density at radius 2 is 1.68 bits per heavy atom. The van der Waals surface area contributed by atoms with Gasteiger partial charge in [-0.25, -0.2) is 0 Å². The van der Waals surface area contributed by atoms with Crippen LogP contribution in [0, 0.1) is 0 Å². The van der Waals surface area contributed by atoms with Gasteiger partial charge in [0.25, 0.3) is 0 Å². The SMILES string of the molecule is CCC(c1ccccc1)C(Br)c1cc(Br)ccc1Br. The molecule has 2 unspecified atom stereocenters. The van der Waals surface area contributed by atoms with E-state index in [2.05, 4.69) is 103 Å². The fraction of sp³-hybridized carbons (Fsp3) is 0.250. The van der Waals surface area contributed by atoms with E-state index in [9.17, 15) is 0 Å². The highest BCUT2D eigenvalue weighted by Gasteiger charge is 2.22. The second-order valence-electron chi connectivity index (χ2n) is 4.49. The van der Waals surface area contributed by atoms with E-state index in [0.717, 1.165) is 15.4 Å². The monoisotopic (exact) mass is 444 g/mol. The molecule has 0 saturated carbocycles. The van der Waals surface area contributed by atoms with Crippen LogP contribution in [0.25, 0.3) is 0 Å². The van der Waals surface area contributed by atoms with Crippen molar-refractivity contribution in [3.63, 3.8) is 0 Å². The fourth-order valence-corrected chi connectivity index (χ4v) is 4.49. The molecule has 0 bridgehead atoms. The first-order chi connectivity index (χ1) is 9.13. The molecule has 0 fully saturated rings. The minimum atomic E-state index is 0.298. The average molecular weight is 447 g/mol. The van der Waals surface area contributed by atoms with Crippen molar-refractivity contribution in [1.82, 2.24) is 0 Å². The molecule has 0 aliphatic carbocycles. The van der Waals surface area contributed by atoms with E-state index in [1.165, 1.54) is 11.1 Å². The summed E-state index contributed by atoms with van der Waals surface area (Å²) in [5.74, 6) is 0.465. The van der Waals surface area contributed by atoms with Crippen LogP contribution in [-0.2, 0) is 0 Å². The number of benzene rings is 2. The first-order valence-corrected chi connectivity index (χ1v) is 8.77. The molecule has 100 valence electrons. The smallest absolute Gasteiger partial charge is 0.0475 e. The molecule has 3 heteroatoms. The molecule has 2 aromatic carbocycles. The summed E-state index contributed by atoms with van der Waals surface area (Å²) in [5.41, 5.74) is 2.66. The number of hydrogen-bond acceptors (Lipinski definition) is 0. The predicted molar refractivity (Wildman–Crippen MR) is 93.0 cm³/mol. The standard InChI is InChI=1S/C16H15Br3/c1-2-13(11-6-4-3-5-7-11)16(19)14-10-12(17)8-9-15(14)18/h3-10,13,16H,2H2,1H3. The van der Waals surface area contributed by atoms with Gasteiger partial charge < -0.3 is 0 Å². The van der Waals surface area contributed by atoms with Gasteiger partial charge in [-0.05, 0) is 35.7 Å². The van der Waals surface area contributed by atoms with Gasteiger partial charge in [-0.3, -0.25) is 0 Å². The van der Waals surface area contributed by atoms with E-state index < -0.39 is 0 Å². The Kier molecular flexibility index (Phi) is 5.67. The molecule has 0 heterocycles. The van der Waals surface area contributed by atoms with Crippen molar-refractivity contribution >= 4 is 47.8 Å². The van der Waals surface area contributed by atoms with Crippen LogP contribution in [0.2, 0.25) is 0 Å². The van der Waals surface area contributed by atoms with Gasteiger partial charge in [0.15, 0.2) is 0 Å². The Morgan fingerprint density at radius 3 is 2.32 bits per heavy atom. The highest BCUT2D eigenvalue weighted by atomic mass is 79.9. The molecule has 0 saturated heterocycles. The van der Waals surface area contributed by atoms with Crippen molar-refractivity contribution in [2.24, 2.45) is 0 Å². The molecule has 2 aromatic rings. The molecule has 0 N–H and O–H groups in total. The molecule has 0 nitrogen and oxygen atoms in total. The number of halogens is 3. The van der Waals surface area contributed by atoms with E-state index in [1.807, 2.05) is 0 Å². The van der Waals surface area contributed by atoms with Crippen molar-refractivity contribution < 1.29 is 0 Å². The number of rotatable bonds is 4. The van der Waals surface area contributed by atoms with Gasteiger partial charge in [-0.2, -0.15) is 0 Å². The summed E-state index contributed by atoms with van der Waals surface area (Å²) in [6, 6.07) is 17.0. The molecule has 0 radical (unpaired) electrons. The van der Waals surface area contributed by atoms with Gasteiger partial charge in [0, 0.05) is 19.7 Å². The Balaban J connectivity index is 2.36. The zero-order valence-electron chi connectivity index (χ0n) is 10.6. The van der Waals surface area contributed by atoms with Crippen LogP contribution in [0.15, 0.2) is 57.5 Å². The summed E-state index contributed by atoms with van der Waals surface area (Å²) in [6.07, 6.45) is 1.10. The molecule has 0 spiro atoms. The van der Waals surface area contributed by atoms with Crippen LogP contribution in [0.4, 0.5) is 0 Å². The fourth-order valence-electron chi connectivity index (χ4n) is 2.25. The summed E-state index contributed by atoms with van der Waals surface area (Å²) >= 11 is 11.1. The van der Waals surface area contributed by atoms with Gasteiger partial charge in [0.05, 0.1) is 0 Å². The third-order valence-electron chi connectivity index (χ3n) is 3.28. The maximum Gasteiger partial charge on any atom is 0.0475 e. The summed E-state index contributed by atoms with van der Waals surface area (Å²) < 4.78 is 2.25. The number of hydrogen-bond donors (Lipinski definition) is 0. The Bertz CT molecular complexity index is 537. The van der Waals surface area contributed by atoms with E-state index in [0.29, 0.717) is 10.7 Å². The van der Waals surface area contributed by atoms with Crippen molar-refractivity contribution in [3.8, 4) is 0 Å². The normalized spacial score (nSPS) is 14.1. The molecule has 2 atom stereocenters. The third kappa shape index (κ3) is 3.71. The lowest BCUT2D eigenvalue weighted by Crippen LogP contribution is -2.06. The lowest BCUT2D eigenvalue weighted by Gasteiger charge is -2.23. The van der Waals surface area contributed by atoms with Crippen molar-refractivity contribution in [1.29, 1.82) is 0 Å². The third-order valence-corrected chi connectivity index (χ3v) is 5.62. The van der Waals surface area contributed by atoms with Crippen LogP contribution < -0.4 is 0 Å². The average Bonchev–Trinajstić information content (AvgIpc) is 2.43. The quantitative estimate of drug-likeness (QED) is 0.451. The summed E-state index contributed by atoms with van der Waals surface area (Å²) in [7, 11) is 0. The summed E-state index contributed by atoms with van der Waals surface area (Å²) in [6.45, 7) is 2.23. The van der Waals surface area contributed by atoms with Crippen molar-refractivity contribution in [2.45, 2.75) is 24.1 Å². The topological polar surface area (TPSA) is 0 Å². The van der Waals surface area contributed by atoms with Gasteiger partial charge in [-0.15, -0.1) is 0 Å². The van der Waals surface area contributed by atoms with E-state index in [1.54, 1.807) is 0 Å². The predicted octanol–water partition coefficient (Wildman–Crippen LogP) is 6.84. The number of alkyl halides is 1. The van der Waals surface area contributed by atoms with E-state index in [4.69, 9.17) is 0 Å². The van der Waals surface area contributed by atoms with Crippen LogP contribution in [0.1, 0.15) is 35.2 Å². The van der Waals surface area contributed by atoms with Gasteiger partial charge >= 0.3 is 0 Å². The summed E-state index contributed by atoms with van der Waals surface area (Å²) in [5, 5.41) is 0. The van der Waals surface area contributed by atoms with Crippen LogP contribution in [0.3, 0.4) is 0 Å². The second-order valence-corrected chi connectivity index (χ2v) is 7.25. The van der Waals surface area contributed by atoms with E-state index >= 15 is 0 Å². The lowest BCUT2D eigenvalue weighted by molar-refractivity contribution is 0.653. The molecule has 19 heavy (non-hydrogen) atoms. The zero-order valence-corrected chi connectivity index (χ0v) is 15.4. The minimum Gasteiger partial charge on any atom is -0.0832 e. The lowest BCUT2D eigenvalue weighted by atomic mass is 9.90. The molecule has 0 aliphatic heterocycles. The molecule has 0 amide bonds. The van der Waals surface area contributed by atoms with Crippen molar-refractivity contribution in [2.75, 3.05) is 0 Å². The Labute approximate surface area is 140 Å². The first-order valence-electron chi connectivity index (χ1n) is 6.27. The van der Waals surface area contributed by atoms with E-state index in [-0.39, 0.29) is 0 Å². The molecular weight excluding hydrogens is 432 g/mol. The highest BCUT2D eigenvalue weighted by Crippen LogP contribution is 2.43. The molecular formula is C16H15Br3. The zero-order chi connectivity index (χ0) is 13.8. The maximum absolute atomic E-state index is 3.88. The maximum atomic E-state index is 3.88. The van der Waals surface area contributed by atoms with Crippen LogP contribution >= 0.6 is 47.8 Å². The van der Waals surface area contributed by atoms with Gasteiger partial charge in [0.2, 0.25) is 0 Å². The summed E-state index contributed by atoms with van der Waals surface area (Å²) in [4.78, 5) is 0.298. The van der Waals surface area contributed by atoms with Crippen LogP contribution in [0.5, 0.6) is 0 Å². The minimum absolute atomic E-state index is 0.298. The molecule has 2 rings (SSSR count). The highest BCUT2D eigenvalue weighted by molar-refractivity contribution is 9.11. The molecule has 0 aliphatic rings. The van der Waals surface area contributed by atoms with Crippen LogP contribution in [-0.4, -0.2) is 0 Å².